The summed E-state index contributed by atoms with van der Waals surface area (Å²) in [6.45, 7) is 0. The molecule has 1 aromatic carbocycles. The van der Waals surface area contributed by atoms with Crippen LogP contribution in [-0.2, 0) is 9.05 Å². The van der Waals surface area contributed by atoms with Gasteiger partial charge in [0, 0.05) is 16.7 Å². The standard InChI is InChI=1S/C7H2ClFN2O4S/c8-16(14,15)7-4(3-10)1-2-5(6(7)9)11(12)13/h1-2H. The lowest BCUT2D eigenvalue weighted by atomic mass is 10.2. The topological polar surface area (TPSA) is 101 Å². The maximum absolute atomic E-state index is 13.4. The zero-order chi connectivity index (χ0) is 12.5. The van der Waals surface area contributed by atoms with E-state index in [0.717, 1.165) is 6.07 Å². The van der Waals surface area contributed by atoms with E-state index in [1.54, 1.807) is 0 Å². The van der Waals surface area contributed by atoms with Crippen molar-refractivity contribution in [3.8, 4) is 6.07 Å². The normalized spacial score (nSPS) is 10.8. The van der Waals surface area contributed by atoms with Crippen molar-refractivity contribution in [2.75, 3.05) is 0 Å². The number of hydrogen-bond donors (Lipinski definition) is 0. The number of benzene rings is 1. The van der Waals surface area contributed by atoms with Gasteiger partial charge >= 0.3 is 5.69 Å². The number of nitro benzene ring substituents is 1. The van der Waals surface area contributed by atoms with Crippen LogP contribution in [0.4, 0.5) is 10.1 Å². The molecule has 0 bridgehead atoms. The van der Waals surface area contributed by atoms with Crippen molar-refractivity contribution in [1.82, 2.24) is 0 Å². The number of nitriles is 1. The average molecular weight is 265 g/mol. The van der Waals surface area contributed by atoms with Gasteiger partial charge in [-0.25, -0.2) is 8.42 Å². The van der Waals surface area contributed by atoms with Crippen LogP contribution in [0, 0.1) is 27.3 Å². The quantitative estimate of drug-likeness (QED) is 0.458. The van der Waals surface area contributed by atoms with Crippen LogP contribution < -0.4 is 0 Å². The molecule has 0 heterocycles. The molecule has 84 valence electrons. The van der Waals surface area contributed by atoms with Crippen molar-refractivity contribution < 1.29 is 17.7 Å². The lowest BCUT2D eigenvalue weighted by Crippen LogP contribution is -2.03. The maximum Gasteiger partial charge on any atom is 0.306 e. The van der Waals surface area contributed by atoms with Gasteiger partial charge < -0.3 is 0 Å². The summed E-state index contributed by atoms with van der Waals surface area (Å²) in [5.41, 5.74) is -1.64. The second-order valence-electron chi connectivity index (χ2n) is 2.58. The summed E-state index contributed by atoms with van der Waals surface area (Å²) in [5.74, 6) is -1.64. The zero-order valence-corrected chi connectivity index (χ0v) is 8.92. The zero-order valence-electron chi connectivity index (χ0n) is 7.35. The molecule has 0 radical (unpaired) electrons. The van der Waals surface area contributed by atoms with Gasteiger partial charge in [0.2, 0.25) is 5.82 Å². The van der Waals surface area contributed by atoms with E-state index in [4.69, 9.17) is 15.9 Å². The predicted molar refractivity (Wildman–Crippen MR) is 50.8 cm³/mol. The first-order valence-corrected chi connectivity index (χ1v) is 5.91. The Morgan fingerprint density at radius 2 is 2.06 bits per heavy atom. The van der Waals surface area contributed by atoms with E-state index in [0.29, 0.717) is 6.07 Å². The van der Waals surface area contributed by atoms with E-state index >= 15 is 0 Å². The Balaban J connectivity index is 3.76. The highest BCUT2D eigenvalue weighted by Gasteiger charge is 2.28. The van der Waals surface area contributed by atoms with Crippen molar-refractivity contribution >= 4 is 25.4 Å². The average Bonchev–Trinajstić information content (AvgIpc) is 2.14. The van der Waals surface area contributed by atoms with Crippen molar-refractivity contribution in [2.24, 2.45) is 0 Å². The summed E-state index contributed by atoms with van der Waals surface area (Å²) in [6.07, 6.45) is 0. The summed E-state index contributed by atoms with van der Waals surface area (Å²) in [7, 11) is 0.321. The molecule has 0 spiro atoms. The number of nitrogens with zero attached hydrogens (tertiary/aromatic N) is 2. The lowest BCUT2D eigenvalue weighted by Gasteiger charge is -2.01. The molecule has 0 unspecified atom stereocenters. The fourth-order valence-electron chi connectivity index (χ4n) is 1.01. The van der Waals surface area contributed by atoms with Crippen molar-refractivity contribution in [3.63, 3.8) is 0 Å². The summed E-state index contributed by atoms with van der Waals surface area (Å²) in [4.78, 5) is 8.06. The summed E-state index contributed by atoms with van der Waals surface area (Å²) >= 11 is 0. The molecule has 16 heavy (non-hydrogen) atoms. The molecule has 0 fully saturated rings. The molecule has 0 amide bonds. The number of hydrogen-bond acceptors (Lipinski definition) is 5. The van der Waals surface area contributed by atoms with Gasteiger partial charge in [-0.15, -0.1) is 0 Å². The molecule has 0 atom stereocenters. The van der Waals surface area contributed by atoms with E-state index in [-0.39, 0.29) is 0 Å². The van der Waals surface area contributed by atoms with E-state index in [9.17, 15) is 22.9 Å². The molecule has 1 rings (SSSR count). The van der Waals surface area contributed by atoms with Crippen molar-refractivity contribution in [3.05, 3.63) is 33.6 Å². The van der Waals surface area contributed by atoms with Gasteiger partial charge in [-0.1, -0.05) is 0 Å². The van der Waals surface area contributed by atoms with Crippen molar-refractivity contribution in [2.45, 2.75) is 4.90 Å². The van der Waals surface area contributed by atoms with Gasteiger partial charge in [-0.2, -0.15) is 9.65 Å². The first kappa shape index (κ1) is 12.4. The number of nitro groups is 1. The second-order valence-corrected chi connectivity index (χ2v) is 5.08. The molecule has 0 aromatic heterocycles. The van der Waals surface area contributed by atoms with Gasteiger partial charge in [0.1, 0.15) is 11.0 Å². The van der Waals surface area contributed by atoms with Crippen LogP contribution in [-0.4, -0.2) is 13.3 Å². The van der Waals surface area contributed by atoms with E-state index in [1.165, 1.54) is 6.07 Å². The van der Waals surface area contributed by atoms with Crippen LogP contribution in [0.5, 0.6) is 0 Å². The molecule has 0 N–H and O–H groups in total. The van der Waals surface area contributed by atoms with Gasteiger partial charge in [-0.05, 0) is 6.07 Å². The third-order valence-corrected chi connectivity index (χ3v) is 2.99. The number of halogens is 2. The SMILES string of the molecule is N#Cc1ccc([N+](=O)[O-])c(F)c1S(=O)(=O)Cl. The van der Waals surface area contributed by atoms with Gasteiger partial charge in [0.15, 0.2) is 0 Å². The first-order valence-electron chi connectivity index (χ1n) is 3.60. The minimum absolute atomic E-state index is 0.585. The first-order chi connectivity index (χ1) is 7.29. The van der Waals surface area contributed by atoms with E-state index < -0.39 is 35.9 Å². The molecule has 0 aliphatic carbocycles. The van der Waals surface area contributed by atoms with Crippen LogP contribution in [0.25, 0.3) is 0 Å². The fraction of sp³-hybridized carbons (Fsp3) is 0. The van der Waals surface area contributed by atoms with Gasteiger partial charge in [0.05, 0.1) is 10.5 Å². The Bertz CT molecular complexity index is 608. The highest BCUT2D eigenvalue weighted by molar-refractivity contribution is 8.13. The van der Waals surface area contributed by atoms with Crippen LogP contribution >= 0.6 is 10.7 Å². The van der Waals surface area contributed by atoms with Crippen LogP contribution in [0.3, 0.4) is 0 Å². The van der Waals surface area contributed by atoms with Crippen LogP contribution in [0.1, 0.15) is 5.56 Å². The largest absolute Gasteiger partial charge is 0.306 e. The molecule has 6 nitrogen and oxygen atoms in total. The summed E-state index contributed by atoms with van der Waals surface area (Å²) < 4.78 is 35.3. The molecule has 0 saturated carbocycles. The highest BCUT2D eigenvalue weighted by atomic mass is 35.7. The Labute approximate surface area is 93.4 Å². The Hall–Kier alpha value is -1.72. The highest BCUT2D eigenvalue weighted by Crippen LogP contribution is 2.29. The van der Waals surface area contributed by atoms with Crippen molar-refractivity contribution in [1.29, 1.82) is 5.26 Å². The Morgan fingerprint density at radius 3 is 2.44 bits per heavy atom. The Morgan fingerprint density at radius 1 is 1.50 bits per heavy atom. The minimum atomic E-state index is -4.56. The lowest BCUT2D eigenvalue weighted by molar-refractivity contribution is -0.387. The predicted octanol–water partition coefficient (Wildman–Crippen LogP) is 1.53. The molecule has 9 heteroatoms. The second kappa shape index (κ2) is 4.03. The molecule has 1 aromatic rings. The van der Waals surface area contributed by atoms with Gasteiger partial charge in [0.25, 0.3) is 9.05 Å². The van der Waals surface area contributed by atoms with Crippen LogP contribution in [0.2, 0.25) is 0 Å². The molecular weight excluding hydrogens is 263 g/mol. The molecule has 0 aliphatic rings. The number of rotatable bonds is 2. The smallest absolute Gasteiger partial charge is 0.258 e. The molecule has 0 saturated heterocycles. The van der Waals surface area contributed by atoms with E-state index in [1.807, 2.05) is 0 Å². The maximum atomic E-state index is 13.4. The Kier molecular flexibility index (Phi) is 3.11. The molecular formula is C7H2ClFN2O4S. The monoisotopic (exact) mass is 264 g/mol. The third-order valence-electron chi connectivity index (χ3n) is 1.64. The summed E-state index contributed by atoms with van der Waals surface area (Å²) in [6, 6.07) is 2.89. The minimum Gasteiger partial charge on any atom is -0.258 e. The fourth-order valence-corrected chi connectivity index (χ4v) is 2.16. The molecule has 0 aliphatic heterocycles. The van der Waals surface area contributed by atoms with Gasteiger partial charge in [-0.3, -0.25) is 10.1 Å². The van der Waals surface area contributed by atoms with E-state index in [2.05, 4.69) is 0 Å². The summed E-state index contributed by atoms with van der Waals surface area (Å²) in [5, 5.41) is 18.9. The van der Waals surface area contributed by atoms with Crippen LogP contribution in [0.15, 0.2) is 17.0 Å². The third kappa shape index (κ3) is 2.10.